The molecule has 2 nitrogen and oxygen atoms in total. The average Bonchev–Trinajstić information content (AvgIpc) is 2.27. The molecule has 0 radical (unpaired) electrons. The van der Waals surface area contributed by atoms with Gasteiger partial charge in [0.15, 0.2) is 0 Å². The first-order valence-electron chi connectivity index (χ1n) is 6.80. The summed E-state index contributed by atoms with van der Waals surface area (Å²) in [5.74, 6) is 0. The average molecular weight is 228 g/mol. The van der Waals surface area contributed by atoms with Crippen LogP contribution in [-0.4, -0.2) is 23.4 Å². The van der Waals surface area contributed by atoms with Gasteiger partial charge in [-0.2, -0.15) is 0 Å². The van der Waals surface area contributed by atoms with Crippen LogP contribution in [0.2, 0.25) is 0 Å². The Bertz CT molecular complexity index is 195. The summed E-state index contributed by atoms with van der Waals surface area (Å²) in [5, 5.41) is 19.4. The fraction of sp³-hybridized carbons (Fsp3) is 1.00. The van der Waals surface area contributed by atoms with Gasteiger partial charge in [0, 0.05) is 5.41 Å². The molecule has 2 N–H and O–H groups in total. The van der Waals surface area contributed by atoms with Gasteiger partial charge in [0.05, 0.1) is 13.2 Å². The summed E-state index contributed by atoms with van der Waals surface area (Å²) in [6.45, 7) is 4.66. The largest absolute Gasteiger partial charge is 0.396 e. The van der Waals surface area contributed by atoms with Crippen LogP contribution in [0, 0.1) is 10.8 Å². The lowest BCUT2D eigenvalue weighted by molar-refractivity contribution is -0.0564. The third kappa shape index (κ3) is 2.98. The monoisotopic (exact) mass is 228 g/mol. The zero-order valence-corrected chi connectivity index (χ0v) is 11.0. The molecule has 0 saturated heterocycles. The van der Waals surface area contributed by atoms with Crippen LogP contribution in [0.15, 0.2) is 0 Å². The second-order valence-corrected chi connectivity index (χ2v) is 6.10. The Kier molecular flexibility index (Phi) is 5.26. The Labute approximate surface area is 100 Å². The van der Waals surface area contributed by atoms with Crippen LogP contribution >= 0.6 is 0 Å². The third-order valence-corrected chi connectivity index (χ3v) is 4.75. The summed E-state index contributed by atoms with van der Waals surface area (Å²) < 4.78 is 0. The van der Waals surface area contributed by atoms with E-state index in [1.165, 1.54) is 32.1 Å². The predicted molar refractivity (Wildman–Crippen MR) is 67.3 cm³/mol. The van der Waals surface area contributed by atoms with Crippen molar-refractivity contribution in [3.8, 4) is 0 Å². The molecule has 96 valence electrons. The van der Waals surface area contributed by atoms with Gasteiger partial charge in [0.25, 0.3) is 0 Å². The molecule has 0 spiro atoms. The van der Waals surface area contributed by atoms with Crippen molar-refractivity contribution in [1.29, 1.82) is 0 Å². The summed E-state index contributed by atoms with van der Waals surface area (Å²) in [6, 6.07) is 0. The molecule has 0 aromatic rings. The fourth-order valence-electron chi connectivity index (χ4n) is 2.98. The van der Waals surface area contributed by atoms with Crippen molar-refractivity contribution in [3.63, 3.8) is 0 Å². The first-order valence-corrected chi connectivity index (χ1v) is 6.80. The highest BCUT2D eigenvalue weighted by Crippen LogP contribution is 2.46. The van der Waals surface area contributed by atoms with Crippen LogP contribution in [0.5, 0.6) is 0 Å². The van der Waals surface area contributed by atoms with Gasteiger partial charge in [-0.25, -0.2) is 0 Å². The fourth-order valence-corrected chi connectivity index (χ4v) is 2.98. The van der Waals surface area contributed by atoms with Crippen LogP contribution in [0.25, 0.3) is 0 Å². The lowest BCUT2D eigenvalue weighted by Crippen LogP contribution is -2.44. The SMILES string of the molecule is CC1(C)CCCCCCCCC1(CO)CO. The van der Waals surface area contributed by atoms with E-state index >= 15 is 0 Å². The maximum atomic E-state index is 9.70. The first-order chi connectivity index (χ1) is 7.58. The van der Waals surface area contributed by atoms with E-state index in [-0.39, 0.29) is 24.0 Å². The Morgan fingerprint density at radius 3 is 1.69 bits per heavy atom. The van der Waals surface area contributed by atoms with Gasteiger partial charge in [0.1, 0.15) is 0 Å². The summed E-state index contributed by atoms with van der Waals surface area (Å²) >= 11 is 0. The normalized spacial score (nSPS) is 26.2. The van der Waals surface area contributed by atoms with Crippen molar-refractivity contribution in [1.82, 2.24) is 0 Å². The smallest absolute Gasteiger partial charge is 0.0514 e. The Morgan fingerprint density at radius 2 is 1.19 bits per heavy atom. The molecule has 0 aromatic carbocycles. The highest BCUT2D eigenvalue weighted by Gasteiger charge is 2.43. The second kappa shape index (κ2) is 6.02. The molecule has 0 heterocycles. The van der Waals surface area contributed by atoms with Crippen LogP contribution < -0.4 is 0 Å². The summed E-state index contributed by atoms with van der Waals surface area (Å²) in [7, 11) is 0. The lowest BCUT2D eigenvalue weighted by atomic mass is 9.61. The van der Waals surface area contributed by atoms with Crippen LogP contribution in [0.4, 0.5) is 0 Å². The van der Waals surface area contributed by atoms with Crippen molar-refractivity contribution in [2.45, 2.75) is 65.2 Å². The van der Waals surface area contributed by atoms with Crippen molar-refractivity contribution < 1.29 is 10.2 Å². The van der Waals surface area contributed by atoms with Gasteiger partial charge in [-0.3, -0.25) is 0 Å². The molecule has 1 fully saturated rings. The summed E-state index contributed by atoms with van der Waals surface area (Å²) in [6.07, 6.45) is 9.67. The standard InChI is InChI=1S/C14H28O2/c1-13(2)9-7-5-3-4-6-8-10-14(13,11-15)12-16/h15-16H,3-12H2,1-2H3. The lowest BCUT2D eigenvalue weighted by Gasteiger charge is -2.45. The zero-order valence-electron chi connectivity index (χ0n) is 11.0. The van der Waals surface area contributed by atoms with E-state index in [0.717, 1.165) is 19.3 Å². The Balaban J connectivity index is 2.78. The van der Waals surface area contributed by atoms with Gasteiger partial charge in [-0.05, 0) is 18.3 Å². The van der Waals surface area contributed by atoms with Crippen molar-refractivity contribution in [2.75, 3.05) is 13.2 Å². The van der Waals surface area contributed by atoms with Crippen LogP contribution in [0.3, 0.4) is 0 Å². The van der Waals surface area contributed by atoms with E-state index in [1.54, 1.807) is 0 Å². The molecule has 0 amide bonds. The molecule has 1 aliphatic carbocycles. The number of aliphatic hydroxyl groups excluding tert-OH is 2. The maximum Gasteiger partial charge on any atom is 0.0514 e. The maximum absolute atomic E-state index is 9.70. The van der Waals surface area contributed by atoms with Gasteiger partial charge in [0.2, 0.25) is 0 Å². The number of hydrogen-bond donors (Lipinski definition) is 2. The van der Waals surface area contributed by atoms with Crippen LogP contribution in [-0.2, 0) is 0 Å². The topological polar surface area (TPSA) is 40.5 Å². The quantitative estimate of drug-likeness (QED) is 0.762. The van der Waals surface area contributed by atoms with E-state index in [1.807, 2.05) is 0 Å². The molecule has 0 aromatic heterocycles. The second-order valence-electron chi connectivity index (χ2n) is 6.10. The number of hydrogen-bond acceptors (Lipinski definition) is 2. The minimum Gasteiger partial charge on any atom is -0.396 e. The molecule has 0 unspecified atom stereocenters. The predicted octanol–water partition coefficient (Wildman–Crippen LogP) is 3.12. The van der Waals surface area contributed by atoms with Crippen molar-refractivity contribution >= 4 is 0 Å². The highest BCUT2D eigenvalue weighted by molar-refractivity contribution is 4.92. The highest BCUT2D eigenvalue weighted by atomic mass is 16.3. The van der Waals surface area contributed by atoms with E-state index in [0.29, 0.717) is 0 Å². The van der Waals surface area contributed by atoms with Gasteiger partial charge >= 0.3 is 0 Å². The molecule has 1 rings (SSSR count). The summed E-state index contributed by atoms with van der Waals surface area (Å²) in [5.41, 5.74) is -0.224. The molecular formula is C14H28O2. The van der Waals surface area contributed by atoms with Crippen LogP contribution in [0.1, 0.15) is 65.2 Å². The first kappa shape index (κ1) is 14.0. The minimum atomic E-state index is -0.273. The van der Waals surface area contributed by atoms with E-state index in [9.17, 15) is 10.2 Å². The molecule has 16 heavy (non-hydrogen) atoms. The summed E-state index contributed by atoms with van der Waals surface area (Å²) in [4.78, 5) is 0. The minimum absolute atomic E-state index is 0.0494. The number of aliphatic hydroxyl groups is 2. The zero-order chi connectivity index (χ0) is 12.1. The molecule has 1 saturated carbocycles. The molecule has 1 aliphatic rings. The van der Waals surface area contributed by atoms with E-state index in [4.69, 9.17) is 0 Å². The van der Waals surface area contributed by atoms with Crippen molar-refractivity contribution in [3.05, 3.63) is 0 Å². The van der Waals surface area contributed by atoms with Gasteiger partial charge < -0.3 is 10.2 Å². The van der Waals surface area contributed by atoms with Crippen molar-refractivity contribution in [2.24, 2.45) is 10.8 Å². The Hall–Kier alpha value is -0.0800. The number of rotatable bonds is 2. The van der Waals surface area contributed by atoms with Gasteiger partial charge in [-0.15, -0.1) is 0 Å². The molecule has 0 aliphatic heterocycles. The van der Waals surface area contributed by atoms with E-state index < -0.39 is 0 Å². The molecule has 0 atom stereocenters. The molecule has 2 heteroatoms. The van der Waals surface area contributed by atoms with E-state index in [2.05, 4.69) is 13.8 Å². The third-order valence-electron chi connectivity index (χ3n) is 4.75. The molecule has 0 bridgehead atoms. The molecular weight excluding hydrogens is 200 g/mol. The Morgan fingerprint density at radius 1 is 0.750 bits per heavy atom. The van der Waals surface area contributed by atoms with Gasteiger partial charge in [-0.1, -0.05) is 52.4 Å².